The van der Waals surface area contributed by atoms with E-state index in [0.29, 0.717) is 11.5 Å². The highest BCUT2D eigenvalue weighted by molar-refractivity contribution is 9.10. The van der Waals surface area contributed by atoms with Crippen molar-refractivity contribution in [3.63, 3.8) is 0 Å². The molecule has 5 nitrogen and oxygen atoms in total. The Morgan fingerprint density at radius 2 is 1.83 bits per heavy atom. The highest BCUT2D eigenvalue weighted by Gasteiger charge is 2.13. The number of rotatable bonds is 6. The molecule has 0 aromatic heterocycles. The predicted molar refractivity (Wildman–Crippen MR) is 95.6 cm³/mol. The van der Waals surface area contributed by atoms with E-state index in [4.69, 9.17) is 9.47 Å². The fraction of sp³-hybridized carbons (Fsp3) is 0.176. The van der Waals surface area contributed by atoms with Crippen LogP contribution in [0.15, 0.2) is 57.9 Å². The van der Waals surface area contributed by atoms with Crippen molar-refractivity contribution in [2.75, 3.05) is 20.3 Å². The molecular weight excluding hydrogens is 394 g/mol. The SMILES string of the molecule is COc1cccc(S(=O)(=O)NCC#CCOc2cccc(Br)c2)c1. The second-order valence-corrected chi connectivity index (χ2v) is 7.29. The summed E-state index contributed by atoms with van der Waals surface area (Å²) in [4.78, 5) is 0.133. The Labute approximate surface area is 150 Å². The lowest BCUT2D eigenvalue weighted by molar-refractivity contribution is 0.370. The van der Waals surface area contributed by atoms with Crippen molar-refractivity contribution >= 4 is 26.0 Å². The molecule has 24 heavy (non-hydrogen) atoms. The van der Waals surface area contributed by atoms with Crippen molar-refractivity contribution in [1.29, 1.82) is 0 Å². The molecule has 126 valence electrons. The molecule has 0 heterocycles. The van der Waals surface area contributed by atoms with Crippen LogP contribution in [0.1, 0.15) is 0 Å². The van der Waals surface area contributed by atoms with Gasteiger partial charge in [0.15, 0.2) is 0 Å². The van der Waals surface area contributed by atoms with Gasteiger partial charge in [-0.25, -0.2) is 8.42 Å². The molecule has 0 saturated carbocycles. The number of halogens is 1. The molecule has 0 bridgehead atoms. The molecule has 0 fully saturated rings. The minimum Gasteiger partial charge on any atom is -0.497 e. The quantitative estimate of drug-likeness (QED) is 0.744. The highest BCUT2D eigenvalue weighted by atomic mass is 79.9. The van der Waals surface area contributed by atoms with Crippen LogP contribution >= 0.6 is 15.9 Å². The van der Waals surface area contributed by atoms with E-state index in [0.717, 1.165) is 4.47 Å². The summed E-state index contributed by atoms with van der Waals surface area (Å²) in [7, 11) is -2.14. The number of sulfonamides is 1. The first-order valence-electron chi connectivity index (χ1n) is 6.99. The topological polar surface area (TPSA) is 64.6 Å². The average molecular weight is 410 g/mol. The van der Waals surface area contributed by atoms with E-state index in [9.17, 15) is 8.42 Å². The van der Waals surface area contributed by atoms with Gasteiger partial charge in [-0.3, -0.25) is 0 Å². The second kappa shape index (κ2) is 8.73. The summed E-state index contributed by atoms with van der Waals surface area (Å²) in [5.74, 6) is 6.65. The Bertz CT molecular complexity index is 856. The number of ether oxygens (including phenoxy) is 2. The molecule has 0 saturated heterocycles. The largest absolute Gasteiger partial charge is 0.497 e. The monoisotopic (exact) mass is 409 g/mol. The summed E-state index contributed by atoms with van der Waals surface area (Å²) in [5.41, 5.74) is 0. The maximum absolute atomic E-state index is 12.1. The number of benzene rings is 2. The van der Waals surface area contributed by atoms with Gasteiger partial charge >= 0.3 is 0 Å². The average Bonchev–Trinajstić information content (AvgIpc) is 2.58. The molecule has 0 radical (unpaired) electrons. The summed E-state index contributed by atoms with van der Waals surface area (Å²) in [6.45, 7) is 0.179. The lowest BCUT2D eigenvalue weighted by Gasteiger charge is -2.05. The van der Waals surface area contributed by atoms with Gasteiger partial charge < -0.3 is 9.47 Å². The third-order valence-electron chi connectivity index (χ3n) is 2.93. The van der Waals surface area contributed by atoms with E-state index < -0.39 is 10.0 Å². The third-order valence-corrected chi connectivity index (χ3v) is 4.83. The molecule has 1 N–H and O–H groups in total. The van der Waals surface area contributed by atoms with Gasteiger partial charge in [-0.2, -0.15) is 4.72 Å². The molecular formula is C17H16BrNO4S. The molecule has 0 amide bonds. The first kappa shape index (κ1) is 18.3. The van der Waals surface area contributed by atoms with Crippen LogP contribution in [0.5, 0.6) is 11.5 Å². The van der Waals surface area contributed by atoms with Crippen LogP contribution in [-0.2, 0) is 10.0 Å². The molecule has 7 heteroatoms. The van der Waals surface area contributed by atoms with E-state index in [1.54, 1.807) is 12.1 Å². The number of hydrogen-bond acceptors (Lipinski definition) is 4. The zero-order chi connectivity index (χ0) is 17.4. The van der Waals surface area contributed by atoms with E-state index in [1.165, 1.54) is 19.2 Å². The second-order valence-electron chi connectivity index (χ2n) is 4.60. The van der Waals surface area contributed by atoms with Crippen molar-refractivity contribution in [3.8, 4) is 23.3 Å². The molecule has 2 rings (SSSR count). The summed E-state index contributed by atoms with van der Waals surface area (Å²) >= 11 is 3.35. The zero-order valence-electron chi connectivity index (χ0n) is 13.0. The van der Waals surface area contributed by atoms with Crippen LogP contribution in [0.25, 0.3) is 0 Å². The summed E-state index contributed by atoms with van der Waals surface area (Å²) < 4.78 is 38.0. The maximum Gasteiger partial charge on any atom is 0.241 e. The van der Waals surface area contributed by atoms with Crippen molar-refractivity contribution in [2.24, 2.45) is 0 Å². The Morgan fingerprint density at radius 1 is 1.08 bits per heavy atom. The van der Waals surface area contributed by atoms with Crippen LogP contribution in [0.4, 0.5) is 0 Å². The lowest BCUT2D eigenvalue weighted by atomic mass is 10.3. The smallest absolute Gasteiger partial charge is 0.241 e. The van der Waals surface area contributed by atoms with E-state index in [1.807, 2.05) is 24.3 Å². The normalized spacial score (nSPS) is 10.6. The van der Waals surface area contributed by atoms with Gasteiger partial charge in [-0.15, -0.1) is 0 Å². The van der Waals surface area contributed by atoms with Gasteiger partial charge in [0.1, 0.15) is 18.1 Å². The van der Waals surface area contributed by atoms with Gasteiger partial charge in [-0.05, 0) is 30.3 Å². The fourth-order valence-corrected chi connectivity index (χ4v) is 3.11. The molecule has 0 aliphatic heterocycles. The molecule has 0 unspecified atom stereocenters. The molecule has 2 aromatic rings. The van der Waals surface area contributed by atoms with Crippen LogP contribution in [-0.4, -0.2) is 28.7 Å². The Morgan fingerprint density at radius 3 is 2.58 bits per heavy atom. The first-order chi connectivity index (χ1) is 11.5. The van der Waals surface area contributed by atoms with Crippen molar-refractivity contribution < 1.29 is 17.9 Å². The van der Waals surface area contributed by atoms with Gasteiger partial charge in [0.25, 0.3) is 0 Å². The minimum atomic E-state index is -3.62. The van der Waals surface area contributed by atoms with E-state index in [2.05, 4.69) is 32.5 Å². The van der Waals surface area contributed by atoms with E-state index in [-0.39, 0.29) is 18.0 Å². The number of methoxy groups -OCH3 is 1. The molecule has 0 atom stereocenters. The van der Waals surface area contributed by atoms with E-state index >= 15 is 0 Å². The Hall–Kier alpha value is -2.01. The van der Waals surface area contributed by atoms with Crippen LogP contribution in [0.2, 0.25) is 0 Å². The number of hydrogen-bond donors (Lipinski definition) is 1. The first-order valence-corrected chi connectivity index (χ1v) is 9.27. The van der Waals surface area contributed by atoms with Crippen molar-refractivity contribution in [3.05, 3.63) is 53.0 Å². The van der Waals surface area contributed by atoms with Crippen molar-refractivity contribution in [2.45, 2.75) is 4.90 Å². The lowest BCUT2D eigenvalue weighted by Crippen LogP contribution is -2.24. The summed E-state index contributed by atoms with van der Waals surface area (Å²) in [6, 6.07) is 13.6. The van der Waals surface area contributed by atoms with Gasteiger partial charge in [-0.1, -0.05) is 39.9 Å². The number of nitrogens with one attached hydrogen (secondary N) is 1. The van der Waals surface area contributed by atoms with Gasteiger partial charge in [0.2, 0.25) is 10.0 Å². The highest BCUT2D eigenvalue weighted by Crippen LogP contribution is 2.17. The zero-order valence-corrected chi connectivity index (χ0v) is 15.4. The van der Waals surface area contributed by atoms with Crippen LogP contribution in [0.3, 0.4) is 0 Å². The summed E-state index contributed by atoms with van der Waals surface area (Å²) in [6.07, 6.45) is 0. The Kier molecular flexibility index (Phi) is 6.67. The predicted octanol–water partition coefficient (Wildman–Crippen LogP) is 2.82. The Balaban J connectivity index is 1.85. The molecule has 0 aliphatic carbocycles. The van der Waals surface area contributed by atoms with Gasteiger partial charge in [0.05, 0.1) is 18.6 Å². The van der Waals surface area contributed by atoms with Crippen LogP contribution in [0, 0.1) is 11.8 Å². The molecule has 0 spiro atoms. The fourth-order valence-electron chi connectivity index (χ4n) is 1.77. The molecule has 0 aliphatic rings. The molecule has 2 aromatic carbocycles. The van der Waals surface area contributed by atoms with Crippen LogP contribution < -0.4 is 14.2 Å². The third kappa shape index (κ3) is 5.57. The summed E-state index contributed by atoms with van der Waals surface area (Å²) in [5, 5.41) is 0. The van der Waals surface area contributed by atoms with Gasteiger partial charge in [0, 0.05) is 10.5 Å². The van der Waals surface area contributed by atoms with Crippen molar-refractivity contribution in [1.82, 2.24) is 4.72 Å². The minimum absolute atomic E-state index is 0.00138. The maximum atomic E-state index is 12.1. The standard InChI is InChI=1S/C17H16BrNO4S/c1-22-15-7-5-9-17(13-15)24(20,21)19-10-2-3-11-23-16-8-4-6-14(18)12-16/h4-9,12-13,19H,10-11H2,1H3.